The van der Waals surface area contributed by atoms with Gasteiger partial charge in [-0.2, -0.15) is 0 Å². The first-order chi connectivity index (χ1) is 8.27. The van der Waals surface area contributed by atoms with Gasteiger partial charge in [0.15, 0.2) is 0 Å². The van der Waals surface area contributed by atoms with E-state index in [1.807, 2.05) is 12.5 Å². The molecule has 4 nitrogen and oxygen atoms in total. The molecule has 0 radical (unpaired) electrons. The number of nitrogens with zero attached hydrogens (tertiary/aromatic N) is 2. The molecule has 1 aliphatic carbocycles. The first-order valence-electron chi connectivity index (χ1n) is 6.60. The molecule has 1 saturated heterocycles. The molecule has 2 heterocycles. The van der Waals surface area contributed by atoms with Crippen LogP contribution in [0.2, 0.25) is 0 Å². The van der Waals surface area contributed by atoms with E-state index in [-0.39, 0.29) is 5.54 Å². The third-order valence-corrected chi connectivity index (χ3v) is 3.82. The Morgan fingerprint density at radius 2 is 2.47 bits per heavy atom. The fourth-order valence-corrected chi connectivity index (χ4v) is 2.53. The lowest BCUT2D eigenvalue weighted by Crippen LogP contribution is -2.48. The quantitative estimate of drug-likeness (QED) is 0.866. The maximum absolute atomic E-state index is 5.56. The van der Waals surface area contributed by atoms with Gasteiger partial charge in [0.05, 0.1) is 18.6 Å². The average Bonchev–Trinajstić information content (AvgIpc) is 3.07. The lowest BCUT2D eigenvalue weighted by molar-refractivity contribution is 0.0275. The lowest BCUT2D eigenvalue weighted by atomic mass is 9.95. The van der Waals surface area contributed by atoms with Gasteiger partial charge in [-0.05, 0) is 32.6 Å². The summed E-state index contributed by atoms with van der Waals surface area (Å²) < 4.78 is 7.88. The van der Waals surface area contributed by atoms with Crippen molar-refractivity contribution < 1.29 is 4.74 Å². The predicted molar refractivity (Wildman–Crippen MR) is 65.8 cm³/mol. The van der Waals surface area contributed by atoms with Crippen molar-refractivity contribution in [3.63, 3.8) is 0 Å². The molecule has 94 valence electrons. The monoisotopic (exact) mass is 235 g/mol. The van der Waals surface area contributed by atoms with Gasteiger partial charge in [-0.1, -0.05) is 0 Å². The number of aromatic nitrogens is 2. The van der Waals surface area contributed by atoms with Crippen LogP contribution in [0, 0.1) is 0 Å². The van der Waals surface area contributed by atoms with E-state index in [0.717, 1.165) is 26.2 Å². The molecule has 0 amide bonds. The highest BCUT2D eigenvalue weighted by atomic mass is 16.5. The molecule has 1 saturated carbocycles. The second-order valence-electron chi connectivity index (χ2n) is 5.59. The highest BCUT2D eigenvalue weighted by molar-refractivity contribution is 5.04. The Balaban J connectivity index is 1.60. The Labute approximate surface area is 102 Å². The molecule has 4 heteroatoms. The molecular weight excluding hydrogens is 214 g/mol. The highest BCUT2D eigenvalue weighted by Gasteiger charge is 2.29. The standard InChI is InChI=1S/C13H21N3O/c1-13(5-2-6-17-9-13)15-8-12-7-14-10-16(12)11-3-4-11/h7,10-11,15H,2-6,8-9H2,1H3. The summed E-state index contributed by atoms with van der Waals surface area (Å²) in [6, 6.07) is 0.713. The topological polar surface area (TPSA) is 39.1 Å². The molecule has 1 aromatic rings. The molecule has 3 rings (SSSR count). The van der Waals surface area contributed by atoms with Crippen LogP contribution in [-0.2, 0) is 11.3 Å². The van der Waals surface area contributed by atoms with E-state index >= 15 is 0 Å². The third kappa shape index (κ3) is 2.53. The molecule has 2 fully saturated rings. The molecule has 1 aromatic heterocycles. The lowest BCUT2D eigenvalue weighted by Gasteiger charge is -2.34. The fraction of sp³-hybridized carbons (Fsp3) is 0.769. The van der Waals surface area contributed by atoms with E-state index in [9.17, 15) is 0 Å². The van der Waals surface area contributed by atoms with Gasteiger partial charge in [-0.25, -0.2) is 4.98 Å². The summed E-state index contributed by atoms with van der Waals surface area (Å²) >= 11 is 0. The van der Waals surface area contributed by atoms with Crippen LogP contribution in [0.1, 0.15) is 44.3 Å². The normalized spacial score (nSPS) is 29.5. The minimum Gasteiger partial charge on any atom is -0.380 e. The zero-order valence-corrected chi connectivity index (χ0v) is 10.5. The van der Waals surface area contributed by atoms with E-state index < -0.39 is 0 Å². The van der Waals surface area contributed by atoms with Gasteiger partial charge in [0, 0.05) is 30.9 Å². The maximum atomic E-state index is 5.56. The Kier molecular flexibility index (Phi) is 2.92. The zero-order chi connectivity index (χ0) is 11.7. The van der Waals surface area contributed by atoms with Crippen molar-refractivity contribution in [3.8, 4) is 0 Å². The van der Waals surface area contributed by atoms with Crippen molar-refractivity contribution in [1.29, 1.82) is 0 Å². The van der Waals surface area contributed by atoms with Crippen molar-refractivity contribution in [2.75, 3.05) is 13.2 Å². The second-order valence-corrected chi connectivity index (χ2v) is 5.59. The van der Waals surface area contributed by atoms with Crippen LogP contribution in [0.15, 0.2) is 12.5 Å². The summed E-state index contributed by atoms with van der Waals surface area (Å²) in [5, 5.41) is 3.64. The minimum atomic E-state index is 0.136. The van der Waals surface area contributed by atoms with Gasteiger partial charge in [0.25, 0.3) is 0 Å². The molecule has 0 bridgehead atoms. The van der Waals surface area contributed by atoms with Crippen LogP contribution >= 0.6 is 0 Å². The van der Waals surface area contributed by atoms with Crippen LogP contribution in [0.25, 0.3) is 0 Å². The van der Waals surface area contributed by atoms with Gasteiger partial charge in [-0.3, -0.25) is 0 Å². The summed E-state index contributed by atoms with van der Waals surface area (Å²) in [5.41, 5.74) is 1.44. The van der Waals surface area contributed by atoms with E-state index in [0.29, 0.717) is 6.04 Å². The minimum absolute atomic E-state index is 0.136. The van der Waals surface area contributed by atoms with Crippen LogP contribution < -0.4 is 5.32 Å². The molecule has 2 aliphatic rings. The number of hydrogen-bond donors (Lipinski definition) is 1. The molecular formula is C13H21N3O. The smallest absolute Gasteiger partial charge is 0.0951 e. The van der Waals surface area contributed by atoms with Gasteiger partial charge in [-0.15, -0.1) is 0 Å². The summed E-state index contributed by atoms with van der Waals surface area (Å²) in [6.45, 7) is 4.89. The molecule has 0 spiro atoms. The van der Waals surface area contributed by atoms with Crippen molar-refractivity contribution in [1.82, 2.24) is 14.9 Å². The Morgan fingerprint density at radius 1 is 1.59 bits per heavy atom. The summed E-state index contributed by atoms with van der Waals surface area (Å²) in [7, 11) is 0. The number of ether oxygens (including phenoxy) is 1. The van der Waals surface area contributed by atoms with Crippen molar-refractivity contribution >= 4 is 0 Å². The highest BCUT2D eigenvalue weighted by Crippen LogP contribution is 2.35. The van der Waals surface area contributed by atoms with Crippen molar-refractivity contribution in [2.24, 2.45) is 0 Å². The molecule has 0 aromatic carbocycles. The molecule has 1 atom stereocenters. The van der Waals surface area contributed by atoms with Crippen LogP contribution in [0.4, 0.5) is 0 Å². The fourth-order valence-electron chi connectivity index (χ4n) is 2.53. The summed E-state index contributed by atoms with van der Waals surface area (Å²) in [4.78, 5) is 4.26. The number of rotatable bonds is 4. The van der Waals surface area contributed by atoms with Gasteiger partial charge in [0.2, 0.25) is 0 Å². The summed E-state index contributed by atoms with van der Waals surface area (Å²) in [5.74, 6) is 0. The van der Waals surface area contributed by atoms with E-state index in [1.165, 1.54) is 25.0 Å². The van der Waals surface area contributed by atoms with Crippen molar-refractivity contribution in [3.05, 3.63) is 18.2 Å². The second kappa shape index (κ2) is 4.42. The first kappa shape index (κ1) is 11.2. The summed E-state index contributed by atoms with van der Waals surface area (Å²) in [6.07, 6.45) is 8.93. The van der Waals surface area contributed by atoms with Crippen LogP contribution in [0.5, 0.6) is 0 Å². The van der Waals surface area contributed by atoms with Crippen LogP contribution in [-0.4, -0.2) is 28.3 Å². The van der Waals surface area contributed by atoms with E-state index in [4.69, 9.17) is 4.74 Å². The van der Waals surface area contributed by atoms with Gasteiger partial charge >= 0.3 is 0 Å². The first-order valence-corrected chi connectivity index (χ1v) is 6.60. The van der Waals surface area contributed by atoms with Crippen LogP contribution in [0.3, 0.4) is 0 Å². The number of hydrogen-bond acceptors (Lipinski definition) is 3. The number of nitrogens with one attached hydrogen (secondary N) is 1. The number of imidazole rings is 1. The Bertz CT molecular complexity index is 378. The average molecular weight is 235 g/mol. The largest absolute Gasteiger partial charge is 0.380 e. The molecule has 1 unspecified atom stereocenters. The maximum Gasteiger partial charge on any atom is 0.0951 e. The Morgan fingerprint density at radius 3 is 3.18 bits per heavy atom. The van der Waals surface area contributed by atoms with Gasteiger partial charge in [0.1, 0.15) is 0 Å². The molecule has 1 N–H and O–H groups in total. The molecule has 17 heavy (non-hydrogen) atoms. The third-order valence-electron chi connectivity index (χ3n) is 3.82. The van der Waals surface area contributed by atoms with E-state index in [1.54, 1.807) is 0 Å². The molecule has 1 aliphatic heterocycles. The zero-order valence-electron chi connectivity index (χ0n) is 10.5. The van der Waals surface area contributed by atoms with E-state index in [2.05, 4.69) is 21.8 Å². The SMILES string of the molecule is CC1(NCc2cncn2C2CC2)CCCOC1. The van der Waals surface area contributed by atoms with Crippen molar-refractivity contribution in [2.45, 2.75) is 50.7 Å². The Hall–Kier alpha value is -0.870. The van der Waals surface area contributed by atoms with Gasteiger partial charge < -0.3 is 14.6 Å². The predicted octanol–water partition coefficient (Wildman–Crippen LogP) is 1.88.